The lowest BCUT2D eigenvalue weighted by Gasteiger charge is -2.23. The van der Waals surface area contributed by atoms with Gasteiger partial charge < -0.3 is 31.9 Å². The van der Waals surface area contributed by atoms with Gasteiger partial charge in [0, 0.05) is 139 Å². The second-order valence-electron chi connectivity index (χ2n) is 19.6. The smallest absolute Gasteiger partial charge is 0.0968 e. The first-order valence-corrected chi connectivity index (χ1v) is 26.7. The number of fused-ring (bicyclic) bond motifs is 6. The van der Waals surface area contributed by atoms with Gasteiger partial charge in [-0.2, -0.15) is 0 Å². The van der Waals surface area contributed by atoms with Gasteiger partial charge in [0.15, 0.2) is 0 Å². The van der Waals surface area contributed by atoms with Gasteiger partial charge >= 0.3 is 0 Å². The summed E-state index contributed by atoms with van der Waals surface area (Å²) in [4.78, 5) is 25.9. The molecule has 0 saturated carbocycles. The fourth-order valence-corrected chi connectivity index (χ4v) is 10.4. The topological polar surface area (TPSA) is 130 Å². The molecule has 1 aliphatic heterocycles. The highest BCUT2D eigenvalue weighted by Crippen LogP contribution is 2.25. The predicted octanol–water partition coefficient (Wildman–Crippen LogP) is 8.44. The summed E-state index contributed by atoms with van der Waals surface area (Å²) < 4.78 is 0. The van der Waals surface area contributed by atoms with Gasteiger partial charge in [-0.05, 0) is 56.9 Å². The van der Waals surface area contributed by atoms with E-state index < -0.39 is 0 Å². The summed E-state index contributed by atoms with van der Waals surface area (Å²) in [6, 6.07) is 56.4. The third kappa shape index (κ3) is 12.4. The molecule has 4 aromatic heterocycles. The van der Waals surface area contributed by atoms with Crippen LogP contribution in [0.5, 0.6) is 0 Å². The lowest BCUT2D eigenvalue weighted by molar-refractivity contribution is 0.271. The van der Waals surface area contributed by atoms with Crippen LogP contribution in [0, 0.1) is 0 Å². The lowest BCUT2D eigenvalue weighted by atomic mass is 10.0. The van der Waals surface area contributed by atoms with Crippen molar-refractivity contribution in [3.63, 3.8) is 0 Å². The fourth-order valence-electron chi connectivity index (χ4n) is 10.4. The molecule has 74 heavy (non-hydrogen) atoms. The number of aromatic nitrogens is 4. The Hall–Kier alpha value is -6.84. The summed E-state index contributed by atoms with van der Waals surface area (Å²) in [6.07, 6.45) is 0. The van der Waals surface area contributed by atoms with Crippen LogP contribution in [-0.4, -0.2) is 108 Å². The number of rotatable bonds is 10. The van der Waals surface area contributed by atoms with Crippen molar-refractivity contribution in [1.29, 1.82) is 0 Å². The molecule has 6 N–H and O–H groups in total. The third-order valence-corrected chi connectivity index (χ3v) is 14.5. The Morgan fingerprint density at radius 3 is 1.00 bits per heavy atom. The molecule has 6 aromatic carbocycles. The highest BCUT2D eigenvalue weighted by atomic mass is 15.2. The first-order valence-electron chi connectivity index (χ1n) is 26.7. The predicted molar refractivity (Wildman–Crippen MR) is 305 cm³/mol. The molecule has 0 amide bonds. The van der Waals surface area contributed by atoms with Gasteiger partial charge in [-0.25, -0.2) is 19.9 Å². The first-order chi connectivity index (χ1) is 36.7. The average Bonchev–Trinajstić information content (AvgIpc) is 3.45. The van der Waals surface area contributed by atoms with Gasteiger partial charge in [-0.15, -0.1) is 0 Å². The molecular weight excluding hydrogens is 913 g/mol. The van der Waals surface area contributed by atoms with Crippen molar-refractivity contribution in [3.8, 4) is 0 Å². The molecule has 0 fully saturated rings. The zero-order chi connectivity index (χ0) is 49.7. The lowest BCUT2D eigenvalue weighted by Crippen LogP contribution is -2.40. The van der Waals surface area contributed by atoms with E-state index >= 15 is 0 Å². The van der Waals surface area contributed by atoms with Crippen molar-refractivity contribution in [1.82, 2.24) is 61.6 Å². The average molecular weight is 981 g/mol. The molecule has 12 heteroatoms. The van der Waals surface area contributed by atoms with Crippen molar-refractivity contribution in [2.45, 2.75) is 39.3 Å². The Morgan fingerprint density at radius 1 is 0.338 bits per heavy atom. The van der Waals surface area contributed by atoms with Gasteiger partial charge in [0.2, 0.25) is 0 Å². The molecule has 376 valence electrons. The summed E-state index contributed by atoms with van der Waals surface area (Å²) in [5, 5.41) is 32.0. The molecule has 0 aliphatic carbocycles. The SMILES string of the molecule is c1ccc2c(CNCCN3CCNCc4ccc5ccc6ccc(nc6c5n4)CNCCN(CCNCc4cccc5ccccc45)CCNCc4ccc5ccc6ccc(nc6c5n4)CNCC3)cccc2c1. The molecule has 0 unspecified atom stereocenters. The highest BCUT2D eigenvalue weighted by Gasteiger charge is 2.13. The van der Waals surface area contributed by atoms with E-state index in [0.717, 1.165) is 158 Å². The number of nitrogens with zero attached hydrogens (tertiary/aromatic N) is 6. The van der Waals surface area contributed by atoms with Crippen LogP contribution in [0.1, 0.15) is 33.9 Å². The monoisotopic (exact) mass is 981 g/mol. The largest absolute Gasteiger partial charge is 0.311 e. The van der Waals surface area contributed by atoms with Crippen LogP contribution in [-0.2, 0) is 39.3 Å². The van der Waals surface area contributed by atoms with Crippen molar-refractivity contribution in [2.75, 3.05) is 78.5 Å². The van der Waals surface area contributed by atoms with E-state index in [-0.39, 0.29) is 0 Å². The number of nitrogens with one attached hydrogen (secondary N) is 6. The van der Waals surface area contributed by atoms with Gasteiger partial charge in [-0.1, -0.05) is 133 Å². The third-order valence-electron chi connectivity index (χ3n) is 14.5. The van der Waals surface area contributed by atoms with Crippen LogP contribution in [0.2, 0.25) is 0 Å². The molecule has 0 spiro atoms. The molecule has 0 saturated heterocycles. The summed E-state index contributed by atoms with van der Waals surface area (Å²) in [5.41, 5.74) is 10.5. The highest BCUT2D eigenvalue weighted by molar-refractivity contribution is 6.03. The fraction of sp³-hybridized carbons (Fsp3) is 0.290. The van der Waals surface area contributed by atoms with E-state index in [9.17, 15) is 0 Å². The zero-order valence-electron chi connectivity index (χ0n) is 42.4. The minimum Gasteiger partial charge on any atom is -0.311 e. The van der Waals surface area contributed by atoms with Crippen LogP contribution < -0.4 is 31.9 Å². The normalized spacial score (nSPS) is 15.6. The van der Waals surface area contributed by atoms with Gasteiger partial charge in [0.25, 0.3) is 0 Å². The van der Waals surface area contributed by atoms with Gasteiger partial charge in [0.1, 0.15) is 0 Å². The maximum Gasteiger partial charge on any atom is 0.0968 e. The van der Waals surface area contributed by atoms with E-state index in [2.05, 4.69) is 199 Å². The van der Waals surface area contributed by atoms with Crippen LogP contribution in [0.25, 0.3) is 65.2 Å². The summed E-state index contributed by atoms with van der Waals surface area (Å²) in [7, 11) is 0. The number of hydrogen-bond donors (Lipinski definition) is 6. The Kier molecular flexibility index (Phi) is 16.3. The van der Waals surface area contributed by atoms with E-state index in [1.165, 1.54) is 32.7 Å². The maximum atomic E-state index is 5.21. The summed E-state index contributed by atoms with van der Waals surface area (Å²) in [6.45, 7) is 15.1. The second kappa shape index (κ2) is 24.5. The molecule has 0 radical (unpaired) electrons. The standard InChI is InChI=1S/C62H68N12/c1-3-13-57-45(7-1)9-5-11-51(57)39-63-27-33-73-35-29-65-41-53-23-19-47-15-17-49-21-25-55(71-61(49)59(47)69-53)43-67-31-37-74(34-28-64-40-52-12-6-10-46-8-2-4-14-58(46)52)38-32-68-44-56-26-22-50-18-16-48-20-24-54(42-66-30-36-73)70-60(48)62(50)72-56/h1-26,63-68H,27-44H2. The summed E-state index contributed by atoms with van der Waals surface area (Å²) >= 11 is 0. The van der Waals surface area contributed by atoms with E-state index in [4.69, 9.17) is 19.9 Å². The van der Waals surface area contributed by atoms with Crippen molar-refractivity contribution in [2.24, 2.45) is 0 Å². The quantitative estimate of drug-likeness (QED) is 0.0582. The van der Waals surface area contributed by atoms with Crippen LogP contribution in [0.4, 0.5) is 0 Å². The van der Waals surface area contributed by atoms with Crippen molar-refractivity contribution < 1.29 is 0 Å². The molecule has 11 rings (SSSR count). The molecule has 5 heterocycles. The number of benzene rings is 6. The Labute approximate surface area is 434 Å². The minimum absolute atomic E-state index is 0.683. The van der Waals surface area contributed by atoms with Gasteiger partial charge in [0.05, 0.1) is 44.8 Å². The summed E-state index contributed by atoms with van der Waals surface area (Å²) in [5.74, 6) is 0. The Balaban J connectivity index is 0.788. The molecule has 8 bridgehead atoms. The molecular formula is C62H68N12. The minimum atomic E-state index is 0.683. The van der Waals surface area contributed by atoms with Crippen LogP contribution >= 0.6 is 0 Å². The molecule has 0 atom stereocenters. The zero-order valence-corrected chi connectivity index (χ0v) is 42.4. The first kappa shape index (κ1) is 49.4. The molecule has 1 aliphatic rings. The number of hydrogen-bond acceptors (Lipinski definition) is 12. The van der Waals surface area contributed by atoms with Crippen LogP contribution in [0.15, 0.2) is 158 Å². The second-order valence-corrected chi connectivity index (χ2v) is 19.6. The Morgan fingerprint density at radius 2 is 0.649 bits per heavy atom. The maximum absolute atomic E-state index is 5.21. The molecule has 12 nitrogen and oxygen atoms in total. The van der Waals surface area contributed by atoms with Crippen molar-refractivity contribution in [3.05, 3.63) is 192 Å². The van der Waals surface area contributed by atoms with Gasteiger partial charge in [-0.3, -0.25) is 9.80 Å². The van der Waals surface area contributed by atoms with E-state index in [0.29, 0.717) is 26.2 Å². The van der Waals surface area contributed by atoms with Crippen molar-refractivity contribution >= 4 is 65.2 Å². The van der Waals surface area contributed by atoms with E-state index in [1.807, 2.05) is 0 Å². The Bertz CT molecular complexity index is 3110. The van der Waals surface area contributed by atoms with E-state index in [1.54, 1.807) is 0 Å². The molecule has 10 aromatic rings. The number of pyridine rings is 4. The van der Waals surface area contributed by atoms with Crippen LogP contribution in [0.3, 0.4) is 0 Å².